The molecule has 146 valence electrons. The minimum Gasteiger partial charge on any atom is -0.497 e. The van der Waals surface area contributed by atoms with Crippen LogP contribution in [0.4, 0.5) is 16.2 Å². The van der Waals surface area contributed by atoms with Crippen LogP contribution in [0, 0.1) is 0 Å². The third-order valence-corrected chi connectivity index (χ3v) is 4.64. The Morgan fingerprint density at radius 1 is 1.11 bits per heavy atom. The van der Waals surface area contributed by atoms with Crippen LogP contribution in [-0.4, -0.2) is 44.8 Å². The van der Waals surface area contributed by atoms with Crippen molar-refractivity contribution in [3.8, 4) is 17.2 Å². The predicted octanol–water partition coefficient (Wildman–Crippen LogP) is 2.39. The first-order valence-electron chi connectivity index (χ1n) is 9.04. The van der Waals surface area contributed by atoms with E-state index in [1.807, 2.05) is 12.1 Å². The molecule has 0 saturated carbocycles. The maximum absolute atomic E-state index is 12.3. The van der Waals surface area contributed by atoms with E-state index >= 15 is 0 Å². The van der Waals surface area contributed by atoms with E-state index in [9.17, 15) is 9.59 Å². The summed E-state index contributed by atoms with van der Waals surface area (Å²) in [6.07, 6.45) is 0.251. The van der Waals surface area contributed by atoms with Crippen molar-refractivity contribution < 1.29 is 23.8 Å². The lowest BCUT2D eigenvalue weighted by Gasteiger charge is -2.20. The highest BCUT2D eigenvalue weighted by Gasteiger charge is 2.31. The average molecular weight is 383 g/mol. The molecule has 28 heavy (non-hydrogen) atoms. The zero-order valence-electron chi connectivity index (χ0n) is 15.4. The number of hydrogen-bond donors (Lipinski definition) is 2. The zero-order chi connectivity index (χ0) is 19.5. The van der Waals surface area contributed by atoms with Crippen LogP contribution >= 0.6 is 0 Å². The van der Waals surface area contributed by atoms with Gasteiger partial charge < -0.3 is 29.7 Å². The summed E-state index contributed by atoms with van der Waals surface area (Å²) in [5, 5.41) is 5.62. The number of nitrogens with one attached hydrogen (secondary N) is 2. The van der Waals surface area contributed by atoms with E-state index in [2.05, 4.69) is 10.6 Å². The second-order valence-corrected chi connectivity index (χ2v) is 6.56. The number of anilines is 2. The van der Waals surface area contributed by atoms with E-state index in [-0.39, 0.29) is 24.4 Å². The molecule has 2 heterocycles. The molecule has 2 N–H and O–H groups in total. The highest BCUT2D eigenvalue weighted by Crippen LogP contribution is 2.32. The summed E-state index contributed by atoms with van der Waals surface area (Å²) in [5.74, 6) is 1.96. The molecule has 1 saturated heterocycles. The molecule has 0 unspecified atom stereocenters. The number of benzene rings is 2. The Kier molecular flexibility index (Phi) is 4.92. The fourth-order valence-corrected chi connectivity index (χ4v) is 3.29. The first-order valence-corrected chi connectivity index (χ1v) is 9.04. The number of urea groups is 1. The number of nitrogens with zero attached hydrogens (tertiary/aromatic N) is 1. The number of rotatable bonds is 4. The van der Waals surface area contributed by atoms with E-state index < -0.39 is 0 Å². The van der Waals surface area contributed by atoms with E-state index in [4.69, 9.17) is 14.2 Å². The largest absolute Gasteiger partial charge is 0.497 e. The van der Waals surface area contributed by atoms with Crippen LogP contribution in [0.2, 0.25) is 0 Å². The Labute approximate surface area is 162 Å². The molecule has 2 aromatic rings. The Morgan fingerprint density at radius 2 is 1.86 bits per heavy atom. The summed E-state index contributed by atoms with van der Waals surface area (Å²) in [6.45, 7) is 1.41. The molecule has 0 bridgehead atoms. The summed E-state index contributed by atoms with van der Waals surface area (Å²) >= 11 is 0. The molecule has 0 spiro atoms. The van der Waals surface area contributed by atoms with Crippen LogP contribution in [0.1, 0.15) is 6.42 Å². The molecule has 0 radical (unpaired) electrons. The van der Waals surface area contributed by atoms with Crippen LogP contribution < -0.4 is 29.7 Å². The fraction of sp³-hybridized carbons (Fsp3) is 0.300. The molecular formula is C20H21N3O5. The van der Waals surface area contributed by atoms with Crippen molar-refractivity contribution in [2.24, 2.45) is 0 Å². The molecular weight excluding hydrogens is 362 g/mol. The van der Waals surface area contributed by atoms with E-state index in [0.29, 0.717) is 36.9 Å². The molecule has 3 amide bonds. The van der Waals surface area contributed by atoms with Crippen molar-refractivity contribution in [3.63, 3.8) is 0 Å². The predicted molar refractivity (Wildman–Crippen MR) is 103 cm³/mol. The Bertz CT molecular complexity index is 884. The fourth-order valence-electron chi connectivity index (χ4n) is 3.29. The molecule has 0 aromatic heterocycles. The van der Waals surface area contributed by atoms with Crippen molar-refractivity contribution in [2.75, 3.05) is 37.1 Å². The van der Waals surface area contributed by atoms with Gasteiger partial charge in [-0.1, -0.05) is 0 Å². The third-order valence-electron chi connectivity index (χ3n) is 4.64. The van der Waals surface area contributed by atoms with Gasteiger partial charge in [-0.25, -0.2) is 4.79 Å². The number of hydrogen-bond acceptors (Lipinski definition) is 5. The average Bonchev–Trinajstić information content (AvgIpc) is 3.07. The van der Waals surface area contributed by atoms with E-state index in [1.54, 1.807) is 42.3 Å². The summed E-state index contributed by atoms with van der Waals surface area (Å²) in [7, 11) is 1.59. The van der Waals surface area contributed by atoms with E-state index in [1.165, 1.54) is 0 Å². The van der Waals surface area contributed by atoms with Gasteiger partial charge in [-0.3, -0.25) is 4.79 Å². The first kappa shape index (κ1) is 18.0. The normalized spacial score (nSPS) is 18.0. The smallest absolute Gasteiger partial charge is 0.319 e. The summed E-state index contributed by atoms with van der Waals surface area (Å²) < 4.78 is 16.1. The van der Waals surface area contributed by atoms with Crippen molar-refractivity contribution in [1.82, 2.24) is 5.32 Å². The Morgan fingerprint density at radius 3 is 2.61 bits per heavy atom. The summed E-state index contributed by atoms with van der Waals surface area (Å²) in [5.41, 5.74) is 1.38. The summed E-state index contributed by atoms with van der Waals surface area (Å²) in [4.78, 5) is 26.3. The molecule has 8 heteroatoms. The molecule has 0 aliphatic carbocycles. The van der Waals surface area contributed by atoms with Gasteiger partial charge in [-0.15, -0.1) is 0 Å². The van der Waals surface area contributed by atoms with Crippen molar-refractivity contribution in [1.29, 1.82) is 0 Å². The highest BCUT2D eigenvalue weighted by atomic mass is 16.6. The quantitative estimate of drug-likeness (QED) is 0.846. The standard InChI is InChI=1S/C20H21N3O5/c1-26-16-5-3-15(4-6-16)23-12-14(11-19(23)24)22-20(25)21-13-2-7-17-18(10-13)28-9-8-27-17/h2-7,10,14H,8-9,11-12H2,1H3,(H2,21,22,25)/t14-/m1/s1. The maximum atomic E-state index is 12.3. The second-order valence-electron chi connectivity index (χ2n) is 6.56. The monoisotopic (exact) mass is 383 g/mol. The number of fused-ring (bicyclic) bond motifs is 1. The van der Waals surface area contributed by atoms with Gasteiger partial charge in [0.1, 0.15) is 19.0 Å². The van der Waals surface area contributed by atoms with Gasteiger partial charge in [-0.05, 0) is 36.4 Å². The van der Waals surface area contributed by atoms with Crippen LogP contribution in [0.3, 0.4) is 0 Å². The van der Waals surface area contributed by atoms with E-state index in [0.717, 1.165) is 11.4 Å². The van der Waals surface area contributed by atoms with Gasteiger partial charge in [0.2, 0.25) is 5.91 Å². The minimum absolute atomic E-state index is 0.0326. The zero-order valence-corrected chi connectivity index (χ0v) is 15.4. The lowest BCUT2D eigenvalue weighted by Crippen LogP contribution is -2.39. The molecule has 2 aromatic carbocycles. The second kappa shape index (κ2) is 7.67. The summed E-state index contributed by atoms with van der Waals surface area (Å²) in [6, 6.07) is 11.8. The van der Waals surface area contributed by atoms with Crippen molar-refractivity contribution >= 4 is 23.3 Å². The molecule has 8 nitrogen and oxygen atoms in total. The molecule has 1 fully saturated rings. The number of ether oxygens (including phenoxy) is 3. The van der Waals surface area contributed by atoms with Crippen LogP contribution in [0.25, 0.3) is 0 Å². The topological polar surface area (TPSA) is 89.1 Å². The molecule has 2 aliphatic heterocycles. The van der Waals surface area contributed by atoms with Crippen LogP contribution in [-0.2, 0) is 4.79 Å². The lowest BCUT2D eigenvalue weighted by molar-refractivity contribution is -0.117. The maximum Gasteiger partial charge on any atom is 0.319 e. The third kappa shape index (κ3) is 3.80. The van der Waals surface area contributed by atoms with Gasteiger partial charge >= 0.3 is 6.03 Å². The Hall–Kier alpha value is -3.42. The van der Waals surface area contributed by atoms with Crippen molar-refractivity contribution in [2.45, 2.75) is 12.5 Å². The number of methoxy groups -OCH3 is 1. The van der Waals surface area contributed by atoms with Gasteiger partial charge in [0, 0.05) is 30.4 Å². The molecule has 1 atom stereocenters. The number of carbonyl (C=O) groups excluding carboxylic acids is 2. The van der Waals surface area contributed by atoms with Gasteiger partial charge in [0.25, 0.3) is 0 Å². The van der Waals surface area contributed by atoms with Crippen LogP contribution in [0.5, 0.6) is 17.2 Å². The van der Waals surface area contributed by atoms with Gasteiger partial charge in [0.15, 0.2) is 11.5 Å². The Balaban J connectivity index is 1.35. The molecule has 2 aliphatic rings. The molecule has 4 rings (SSSR count). The SMILES string of the molecule is COc1ccc(N2C[C@H](NC(=O)Nc3ccc4c(c3)OCCO4)CC2=O)cc1. The van der Waals surface area contributed by atoms with Gasteiger partial charge in [0.05, 0.1) is 13.2 Å². The highest BCUT2D eigenvalue weighted by molar-refractivity contribution is 5.97. The van der Waals surface area contributed by atoms with Crippen LogP contribution in [0.15, 0.2) is 42.5 Å². The number of amides is 3. The first-order chi connectivity index (χ1) is 13.6. The van der Waals surface area contributed by atoms with Crippen molar-refractivity contribution in [3.05, 3.63) is 42.5 Å². The minimum atomic E-state index is -0.369. The lowest BCUT2D eigenvalue weighted by atomic mass is 10.2. The number of carbonyl (C=O) groups is 2. The van der Waals surface area contributed by atoms with Gasteiger partial charge in [-0.2, -0.15) is 0 Å².